The zero-order valence-electron chi connectivity index (χ0n) is 8.43. The highest BCUT2D eigenvalue weighted by molar-refractivity contribution is 7.15. The topological polar surface area (TPSA) is 12.9 Å². The van der Waals surface area contributed by atoms with Gasteiger partial charge in [-0.05, 0) is 19.1 Å². The molecule has 0 bridgehead atoms. The fourth-order valence-electron chi connectivity index (χ4n) is 1.30. The second-order valence-corrected chi connectivity index (χ2v) is 5.46. The molecule has 0 aliphatic carbocycles. The molecule has 0 unspecified atom stereocenters. The first-order valence-electron chi connectivity index (χ1n) is 4.59. The van der Waals surface area contributed by atoms with Crippen LogP contribution in [-0.4, -0.2) is 4.98 Å². The monoisotopic (exact) mass is 291 g/mol. The molecule has 1 aromatic heterocycles. The van der Waals surface area contributed by atoms with Gasteiger partial charge in [-0.1, -0.05) is 29.3 Å². The van der Waals surface area contributed by atoms with Gasteiger partial charge >= 0.3 is 0 Å². The molecule has 0 fully saturated rings. The summed E-state index contributed by atoms with van der Waals surface area (Å²) in [5.41, 5.74) is 1.94. The first-order chi connectivity index (χ1) is 7.61. The van der Waals surface area contributed by atoms with Gasteiger partial charge in [-0.15, -0.1) is 22.9 Å². The Balaban J connectivity index is 2.46. The van der Waals surface area contributed by atoms with E-state index < -0.39 is 0 Å². The van der Waals surface area contributed by atoms with Crippen LogP contribution in [0.5, 0.6) is 0 Å². The number of aryl methyl sites for hydroxylation is 1. The Hall–Kier alpha value is -0.280. The maximum atomic E-state index is 5.96. The zero-order valence-corrected chi connectivity index (χ0v) is 11.5. The zero-order chi connectivity index (χ0) is 11.7. The number of halogens is 3. The third-order valence-corrected chi connectivity index (χ3v) is 4.55. The van der Waals surface area contributed by atoms with Gasteiger partial charge in [0.2, 0.25) is 0 Å². The molecule has 0 N–H and O–H groups in total. The summed E-state index contributed by atoms with van der Waals surface area (Å²) in [6.45, 7) is 1.95. The number of rotatable bonds is 2. The minimum absolute atomic E-state index is 0.491. The van der Waals surface area contributed by atoms with E-state index in [-0.39, 0.29) is 0 Å². The molecule has 0 radical (unpaired) electrons. The predicted octanol–water partition coefficient (Wildman–Crippen LogP) is 5.16. The van der Waals surface area contributed by atoms with E-state index in [1.165, 1.54) is 0 Å². The van der Waals surface area contributed by atoms with Crippen LogP contribution in [0.2, 0.25) is 10.0 Å². The molecular weight excluding hydrogens is 285 g/mol. The fraction of sp³-hybridized carbons (Fsp3) is 0.182. The summed E-state index contributed by atoms with van der Waals surface area (Å²) in [6, 6.07) is 5.50. The molecule has 0 spiro atoms. The third kappa shape index (κ3) is 2.35. The van der Waals surface area contributed by atoms with Gasteiger partial charge in [0, 0.05) is 10.4 Å². The van der Waals surface area contributed by atoms with E-state index >= 15 is 0 Å². The highest BCUT2D eigenvalue weighted by Gasteiger charge is 2.09. The average Bonchev–Trinajstić information content (AvgIpc) is 2.64. The Bertz CT molecular complexity index is 522. The van der Waals surface area contributed by atoms with Crippen molar-refractivity contribution in [1.29, 1.82) is 0 Å². The lowest BCUT2D eigenvalue weighted by molar-refractivity contribution is 1.22. The Morgan fingerprint density at radius 3 is 2.56 bits per heavy atom. The standard InChI is InChI=1S/C11H8Cl3NS/c1-6-10(5-12)16-11(15-6)7-2-3-8(13)9(14)4-7/h2-4H,5H2,1H3. The Kier molecular flexibility index (Phi) is 3.75. The van der Waals surface area contributed by atoms with Crippen molar-refractivity contribution in [2.45, 2.75) is 12.8 Å². The molecule has 16 heavy (non-hydrogen) atoms. The lowest BCUT2D eigenvalue weighted by Crippen LogP contribution is -1.78. The van der Waals surface area contributed by atoms with Crippen LogP contribution in [0.25, 0.3) is 10.6 Å². The van der Waals surface area contributed by atoms with Crippen molar-refractivity contribution in [2.75, 3.05) is 0 Å². The predicted molar refractivity (Wildman–Crippen MR) is 71.9 cm³/mol. The molecule has 0 saturated heterocycles. The molecule has 1 heterocycles. The van der Waals surface area contributed by atoms with Crippen molar-refractivity contribution < 1.29 is 0 Å². The average molecular weight is 293 g/mol. The highest BCUT2D eigenvalue weighted by atomic mass is 35.5. The van der Waals surface area contributed by atoms with Gasteiger partial charge in [-0.3, -0.25) is 0 Å². The van der Waals surface area contributed by atoms with Gasteiger partial charge in [0.1, 0.15) is 5.01 Å². The smallest absolute Gasteiger partial charge is 0.123 e. The first kappa shape index (κ1) is 12.2. The van der Waals surface area contributed by atoms with Crippen LogP contribution in [0.4, 0.5) is 0 Å². The molecule has 2 rings (SSSR count). The molecule has 0 aliphatic rings. The van der Waals surface area contributed by atoms with Crippen LogP contribution in [0.1, 0.15) is 10.6 Å². The van der Waals surface area contributed by atoms with Crippen molar-refractivity contribution in [1.82, 2.24) is 4.98 Å². The summed E-state index contributed by atoms with van der Waals surface area (Å²) in [4.78, 5) is 5.54. The Morgan fingerprint density at radius 1 is 1.25 bits per heavy atom. The molecule has 0 saturated carbocycles. The third-order valence-electron chi connectivity index (χ3n) is 2.18. The van der Waals surface area contributed by atoms with Crippen molar-refractivity contribution >= 4 is 46.1 Å². The van der Waals surface area contributed by atoms with Crippen molar-refractivity contribution in [3.8, 4) is 10.6 Å². The molecule has 0 amide bonds. The van der Waals surface area contributed by atoms with E-state index in [4.69, 9.17) is 34.8 Å². The van der Waals surface area contributed by atoms with Gasteiger partial charge in [-0.2, -0.15) is 0 Å². The number of thiazole rings is 1. The summed E-state index contributed by atoms with van der Waals surface area (Å²) in [5, 5.41) is 2.02. The van der Waals surface area contributed by atoms with Crippen LogP contribution >= 0.6 is 46.1 Å². The van der Waals surface area contributed by atoms with Crippen molar-refractivity contribution in [3.63, 3.8) is 0 Å². The second-order valence-electron chi connectivity index (χ2n) is 3.29. The van der Waals surface area contributed by atoms with E-state index in [0.717, 1.165) is 21.1 Å². The molecule has 5 heteroatoms. The number of hydrogen-bond acceptors (Lipinski definition) is 2. The van der Waals surface area contributed by atoms with Crippen LogP contribution in [0.3, 0.4) is 0 Å². The summed E-state index contributed by atoms with van der Waals surface area (Å²) in [7, 11) is 0. The second kappa shape index (κ2) is 4.92. The molecule has 84 valence electrons. The van der Waals surface area contributed by atoms with Crippen LogP contribution in [0.15, 0.2) is 18.2 Å². The number of hydrogen-bond donors (Lipinski definition) is 0. The fourth-order valence-corrected chi connectivity index (χ4v) is 2.87. The number of aromatic nitrogens is 1. The lowest BCUT2D eigenvalue weighted by atomic mass is 10.2. The minimum Gasteiger partial charge on any atom is -0.241 e. The van der Waals surface area contributed by atoms with Gasteiger partial charge in [-0.25, -0.2) is 4.98 Å². The van der Waals surface area contributed by atoms with E-state index in [0.29, 0.717) is 15.9 Å². The van der Waals surface area contributed by atoms with E-state index in [1.54, 1.807) is 17.4 Å². The minimum atomic E-state index is 0.491. The maximum Gasteiger partial charge on any atom is 0.123 e. The number of alkyl halides is 1. The Labute approximate surface area is 113 Å². The summed E-state index contributed by atoms with van der Waals surface area (Å²) < 4.78 is 0. The van der Waals surface area contributed by atoms with E-state index in [9.17, 15) is 0 Å². The number of nitrogens with zero attached hydrogens (tertiary/aromatic N) is 1. The SMILES string of the molecule is Cc1nc(-c2ccc(Cl)c(Cl)c2)sc1CCl. The van der Waals surface area contributed by atoms with Crippen molar-refractivity contribution in [2.24, 2.45) is 0 Å². The van der Waals surface area contributed by atoms with Crippen LogP contribution < -0.4 is 0 Å². The molecule has 0 atom stereocenters. The molecule has 1 nitrogen and oxygen atoms in total. The van der Waals surface area contributed by atoms with Gasteiger partial charge in [0.05, 0.1) is 21.6 Å². The molecule has 2 aromatic rings. The highest BCUT2D eigenvalue weighted by Crippen LogP contribution is 2.32. The van der Waals surface area contributed by atoms with Crippen molar-refractivity contribution in [3.05, 3.63) is 38.8 Å². The van der Waals surface area contributed by atoms with Gasteiger partial charge in [0.15, 0.2) is 0 Å². The normalized spacial score (nSPS) is 10.8. The summed E-state index contributed by atoms with van der Waals surface area (Å²) in [5.74, 6) is 0.491. The van der Waals surface area contributed by atoms with E-state index in [2.05, 4.69) is 4.98 Å². The first-order valence-corrected chi connectivity index (χ1v) is 6.70. The quantitative estimate of drug-likeness (QED) is 0.696. The lowest BCUT2D eigenvalue weighted by Gasteiger charge is -1.98. The summed E-state index contributed by atoms with van der Waals surface area (Å²) in [6.07, 6.45) is 0. The molecular formula is C11H8Cl3NS. The Morgan fingerprint density at radius 2 is 2.00 bits per heavy atom. The summed E-state index contributed by atoms with van der Waals surface area (Å²) >= 11 is 19.2. The van der Waals surface area contributed by atoms with Gasteiger partial charge < -0.3 is 0 Å². The maximum absolute atomic E-state index is 5.96. The molecule has 1 aromatic carbocycles. The van der Waals surface area contributed by atoms with Gasteiger partial charge in [0.25, 0.3) is 0 Å². The largest absolute Gasteiger partial charge is 0.241 e. The molecule has 0 aliphatic heterocycles. The number of benzene rings is 1. The van der Waals surface area contributed by atoms with Crippen LogP contribution in [0, 0.1) is 6.92 Å². The van der Waals surface area contributed by atoms with Crippen LogP contribution in [-0.2, 0) is 5.88 Å². The van der Waals surface area contributed by atoms with E-state index in [1.807, 2.05) is 19.1 Å².